The van der Waals surface area contributed by atoms with Crippen molar-refractivity contribution in [2.75, 3.05) is 20.3 Å². The summed E-state index contributed by atoms with van der Waals surface area (Å²) >= 11 is 7.46. The molecule has 11 heteroatoms. The number of hydrogen-bond acceptors (Lipinski definition) is 8. The molecule has 1 fully saturated rings. The quantitative estimate of drug-likeness (QED) is 0.374. The van der Waals surface area contributed by atoms with Crippen molar-refractivity contribution in [3.05, 3.63) is 31.5 Å². The summed E-state index contributed by atoms with van der Waals surface area (Å²) in [6.45, 7) is 3.13. The summed E-state index contributed by atoms with van der Waals surface area (Å²) in [5.41, 5.74) is 0.600. The SMILES string of the molecule is CCOC(=O)COc1c(Br)cc(/C=C2/SC(=O)N([C@@H](C)C(=O)OC)C2=O)cc1Br. The van der Waals surface area contributed by atoms with Gasteiger partial charge in [0.1, 0.15) is 11.8 Å². The molecule has 2 rings (SSSR count). The Bertz CT molecular complexity index is 864. The first-order valence-corrected chi connectivity index (χ1v) is 10.7. The Hall–Kier alpha value is -1.85. The van der Waals surface area contributed by atoms with Crippen LogP contribution in [0.15, 0.2) is 26.0 Å². The molecule has 1 saturated heterocycles. The number of carbonyl (C=O) groups excluding carboxylic acids is 4. The van der Waals surface area contributed by atoms with Gasteiger partial charge in [0.2, 0.25) is 0 Å². The number of nitrogens with zero attached hydrogens (tertiary/aromatic N) is 1. The zero-order valence-corrected chi connectivity index (χ0v) is 19.7. The van der Waals surface area contributed by atoms with Gasteiger partial charge in [0.05, 0.1) is 27.6 Å². The summed E-state index contributed by atoms with van der Waals surface area (Å²) in [6.07, 6.45) is 1.53. The molecule has 0 unspecified atom stereocenters. The van der Waals surface area contributed by atoms with Crippen LogP contribution in [0.4, 0.5) is 4.79 Å². The Kier molecular flexibility index (Phi) is 8.29. The van der Waals surface area contributed by atoms with Crippen LogP contribution < -0.4 is 4.74 Å². The average Bonchev–Trinajstić information content (AvgIpc) is 2.93. The average molecular weight is 551 g/mol. The van der Waals surface area contributed by atoms with Crippen LogP contribution in [0.2, 0.25) is 0 Å². The Balaban J connectivity index is 2.22. The molecule has 0 bridgehead atoms. The summed E-state index contributed by atoms with van der Waals surface area (Å²) in [5, 5.41) is -0.549. The standard InChI is InChI=1S/C18H17Br2NO7S/c1-4-27-14(22)8-28-15-11(19)5-10(6-12(15)20)7-13-16(23)21(18(25)29-13)9(2)17(24)26-3/h5-7,9H,4,8H2,1-3H3/b13-7+/t9-/m0/s1. The molecule has 0 radical (unpaired) electrons. The van der Waals surface area contributed by atoms with E-state index in [0.29, 0.717) is 20.3 Å². The molecule has 1 atom stereocenters. The fourth-order valence-electron chi connectivity index (χ4n) is 2.38. The van der Waals surface area contributed by atoms with Crippen molar-refractivity contribution < 1.29 is 33.4 Å². The molecule has 1 aromatic rings. The molecule has 2 amide bonds. The molecule has 8 nitrogen and oxygen atoms in total. The number of methoxy groups -OCH3 is 1. The predicted octanol–water partition coefficient (Wildman–Crippen LogP) is 3.75. The lowest BCUT2D eigenvalue weighted by molar-refractivity contribution is -0.148. The highest BCUT2D eigenvalue weighted by molar-refractivity contribution is 9.11. The highest BCUT2D eigenvalue weighted by Crippen LogP contribution is 2.38. The van der Waals surface area contributed by atoms with E-state index in [-0.39, 0.29) is 18.1 Å². The van der Waals surface area contributed by atoms with Gasteiger partial charge in [0.15, 0.2) is 6.61 Å². The lowest BCUT2D eigenvalue weighted by Crippen LogP contribution is -2.42. The third-order valence-electron chi connectivity index (χ3n) is 3.71. The van der Waals surface area contributed by atoms with Gasteiger partial charge in [0.25, 0.3) is 11.1 Å². The van der Waals surface area contributed by atoms with E-state index in [1.807, 2.05) is 0 Å². The number of thioether (sulfide) groups is 1. The van der Waals surface area contributed by atoms with Crippen LogP contribution in [0.5, 0.6) is 5.75 Å². The van der Waals surface area contributed by atoms with Gasteiger partial charge in [-0.1, -0.05) is 0 Å². The fourth-order valence-corrected chi connectivity index (χ4v) is 4.73. The van der Waals surface area contributed by atoms with Gasteiger partial charge in [-0.25, -0.2) is 9.59 Å². The molecule has 0 aromatic heterocycles. The molecule has 1 aliphatic heterocycles. The van der Waals surface area contributed by atoms with Crippen molar-refractivity contribution in [1.82, 2.24) is 4.90 Å². The van der Waals surface area contributed by atoms with Gasteiger partial charge in [-0.15, -0.1) is 0 Å². The molecule has 1 aliphatic rings. The molecule has 0 N–H and O–H groups in total. The van der Waals surface area contributed by atoms with E-state index < -0.39 is 29.1 Å². The van der Waals surface area contributed by atoms with Crippen LogP contribution in [-0.2, 0) is 23.9 Å². The van der Waals surface area contributed by atoms with Gasteiger partial charge in [-0.2, -0.15) is 0 Å². The fraction of sp³-hybridized carbons (Fsp3) is 0.333. The largest absolute Gasteiger partial charge is 0.480 e. The molecule has 0 spiro atoms. The number of hydrogen-bond donors (Lipinski definition) is 0. The molecular weight excluding hydrogens is 534 g/mol. The first-order valence-electron chi connectivity index (χ1n) is 8.31. The Morgan fingerprint density at radius 1 is 1.24 bits per heavy atom. The molecule has 1 aromatic carbocycles. The van der Waals surface area contributed by atoms with Gasteiger partial charge < -0.3 is 14.2 Å². The van der Waals surface area contributed by atoms with Crippen molar-refractivity contribution in [2.45, 2.75) is 19.9 Å². The highest BCUT2D eigenvalue weighted by atomic mass is 79.9. The number of ether oxygens (including phenoxy) is 3. The van der Waals surface area contributed by atoms with Crippen molar-refractivity contribution in [1.29, 1.82) is 0 Å². The zero-order chi connectivity index (χ0) is 21.7. The van der Waals surface area contributed by atoms with Crippen molar-refractivity contribution >= 4 is 72.8 Å². The molecular formula is C18H17Br2NO7S. The first kappa shape index (κ1) is 23.4. The second kappa shape index (κ2) is 10.3. The topological polar surface area (TPSA) is 99.2 Å². The number of amides is 2. The van der Waals surface area contributed by atoms with E-state index in [1.165, 1.54) is 20.1 Å². The molecule has 0 aliphatic carbocycles. The molecule has 29 heavy (non-hydrogen) atoms. The van der Waals surface area contributed by atoms with Gasteiger partial charge in [0, 0.05) is 0 Å². The third kappa shape index (κ3) is 5.61. The minimum absolute atomic E-state index is 0.171. The number of imide groups is 1. The summed E-state index contributed by atoms with van der Waals surface area (Å²) in [7, 11) is 1.19. The van der Waals surface area contributed by atoms with E-state index in [0.717, 1.165) is 16.7 Å². The van der Waals surface area contributed by atoms with Crippen LogP contribution >= 0.6 is 43.6 Å². The van der Waals surface area contributed by atoms with Gasteiger partial charge in [-0.3, -0.25) is 14.5 Å². The number of rotatable bonds is 7. The van der Waals surface area contributed by atoms with Crippen LogP contribution in [-0.4, -0.2) is 54.4 Å². The summed E-state index contributed by atoms with van der Waals surface area (Å²) in [4.78, 5) is 48.9. The molecule has 1 heterocycles. The van der Waals surface area contributed by atoms with Crippen molar-refractivity contribution in [2.24, 2.45) is 0 Å². The summed E-state index contributed by atoms with van der Waals surface area (Å²) in [6, 6.07) is 2.32. The van der Waals surface area contributed by atoms with E-state index in [4.69, 9.17) is 9.47 Å². The smallest absolute Gasteiger partial charge is 0.344 e. The maximum atomic E-state index is 12.6. The summed E-state index contributed by atoms with van der Waals surface area (Å²) in [5.74, 6) is -1.36. The summed E-state index contributed by atoms with van der Waals surface area (Å²) < 4.78 is 15.9. The molecule has 156 valence electrons. The lowest BCUT2D eigenvalue weighted by atomic mass is 10.2. The maximum Gasteiger partial charge on any atom is 0.344 e. The van der Waals surface area contributed by atoms with E-state index >= 15 is 0 Å². The Morgan fingerprint density at radius 2 is 1.86 bits per heavy atom. The number of esters is 2. The number of benzene rings is 1. The maximum absolute atomic E-state index is 12.6. The van der Waals surface area contributed by atoms with Crippen LogP contribution in [0, 0.1) is 0 Å². The normalized spacial score (nSPS) is 16.2. The first-order chi connectivity index (χ1) is 13.7. The van der Waals surface area contributed by atoms with Crippen LogP contribution in [0.1, 0.15) is 19.4 Å². The van der Waals surface area contributed by atoms with E-state index in [2.05, 4.69) is 36.6 Å². The predicted molar refractivity (Wildman–Crippen MR) is 113 cm³/mol. The van der Waals surface area contributed by atoms with Crippen LogP contribution in [0.25, 0.3) is 6.08 Å². The van der Waals surface area contributed by atoms with Gasteiger partial charge >= 0.3 is 11.9 Å². The molecule has 0 saturated carbocycles. The highest BCUT2D eigenvalue weighted by Gasteiger charge is 2.41. The lowest BCUT2D eigenvalue weighted by Gasteiger charge is -2.18. The number of halogens is 2. The minimum Gasteiger partial charge on any atom is -0.480 e. The second-order valence-electron chi connectivity index (χ2n) is 5.66. The van der Waals surface area contributed by atoms with Gasteiger partial charge in [-0.05, 0) is 81.2 Å². The second-order valence-corrected chi connectivity index (χ2v) is 8.36. The zero-order valence-electron chi connectivity index (χ0n) is 15.7. The Morgan fingerprint density at radius 3 is 2.41 bits per heavy atom. The van der Waals surface area contributed by atoms with Crippen molar-refractivity contribution in [3.8, 4) is 5.75 Å². The van der Waals surface area contributed by atoms with Crippen molar-refractivity contribution in [3.63, 3.8) is 0 Å². The minimum atomic E-state index is -1.02. The number of carbonyl (C=O) groups is 4. The van der Waals surface area contributed by atoms with E-state index in [9.17, 15) is 19.2 Å². The van der Waals surface area contributed by atoms with Crippen LogP contribution in [0.3, 0.4) is 0 Å². The Labute approximate surface area is 188 Å². The van der Waals surface area contributed by atoms with E-state index in [1.54, 1.807) is 19.1 Å². The third-order valence-corrected chi connectivity index (χ3v) is 5.77. The monoisotopic (exact) mass is 549 g/mol.